The maximum atomic E-state index is 6.66. The molecule has 1 heterocycles. The van der Waals surface area contributed by atoms with Crippen LogP contribution in [0, 0.1) is 0 Å². The van der Waals surface area contributed by atoms with Crippen LogP contribution >= 0.6 is 31.9 Å². The largest absolute Gasteiger partial charge is 0.495 e. The first-order chi connectivity index (χ1) is 10.0. The molecule has 1 spiro atoms. The summed E-state index contributed by atoms with van der Waals surface area (Å²) in [4.78, 5) is 5.73. The Morgan fingerprint density at radius 2 is 2.00 bits per heavy atom. The fraction of sp³-hybridized carbons (Fsp3) is 0.667. The molecule has 0 saturated heterocycles. The molecule has 4 nitrogen and oxygen atoms in total. The van der Waals surface area contributed by atoms with E-state index in [0.717, 1.165) is 14.7 Å². The normalized spacial score (nSPS) is 28.9. The van der Waals surface area contributed by atoms with Crippen molar-refractivity contribution >= 4 is 46.4 Å². The summed E-state index contributed by atoms with van der Waals surface area (Å²) in [5.41, 5.74) is -0.616. The second-order valence-electron chi connectivity index (χ2n) is 7.17. The summed E-state index contributed by atoms with van der Waals surface area (Å²) in [6.45, 7) is 11.1. The van der Waals surface area contributed by atoms with E-state index in [1.165, 1.54) is 0 Å². The Hall–Kier alpha value is -0.113. The van der Waals surface area contributed by atoms with Gasteiger partial charge >= 0.3 is 0 Å². The van der Waals surface area contributed by atoms with E-state index in [4.69, 9.17) is 14.0 Å². The van der Waals surface area contributed by atoms with Crippen LogP contribution in [-0.4, -0.2) is 33.3 Å². The van der Waals surface area contributed by atoms with Crippen molar-refractivity contribution in [3.63, 3.8) is 0 Å². The highest BCUT2D eigenvalue weighted by Gasteiger charge is 2.52. The summed E-state index contributed by atoms with van der Waals surface area (Å²) in [6.07, 6.45) is 4.19. The van der Waals surface area contributed by atoms with Gasteiger partial charge in [-0.05, 0) is 56.1 Å². The topological polar surface area (TPSA) is 40.0 Å². The van der Waals surface area contributed by atoms with Crippen molar-refractivity contribution in [1.82, 2.24) is 0 Å². The van der Waals surface area contributed by atoms with Crippen LogP contribution in [0.1, 0.15) is 27.2 Å². The van der Waals surface area contributed by atoms with Gasteiger partial charge in [-0.1, -0.05) is 25.9 Å². The van der Waals surface area contributed by atoms with Crippen LogP contribution in [0.2, 0.25) is 18.1 Å². The van der Waals surface area contributed by atoms with E-state index in [1.54, 1.807) is 13.3 Å². The molecule has 0 fully saturated rings. The molecule has 2 aliphatic rings. The van der Waals surface area contributed by atoms with Crippen molar-refractivity contribution in [1.29, 1.82) is 0 Å². The summed E-state index contributed by atoms with van der Waals surface area (Å²) >= 11 is 7.23. The third-order valence-electron chi connectivity index (χ3n) is 4.61. The van der Waals surface area contributed by atoms with Crippen LogP contribution in [-0.2, 0) is 14.0 Å². The molecular formula is C15H23Br2NO3Si. The average Bonchev–Trinajstić information content (AvgIpc) is 2.83. The second-order valence-corrected chi connectivity index (χ2v) is 13.6. The van der Waals surface area contributed by atoms with E-state index in [9.17, 15) is 0 Å². The van der Waals surface area contributed by atoms with Crippen molar-refractivity contribution < 1.29 is 14.0 Å². The molecule has 0 aromatic rings. The van der Waals surface area contributed by atoms with E-state index in [1.807, 2.05) is 6.08 Å². The molecule has 1 aliphatic carbocycles. The molecule has 124 valence electrons. The van der Waals surface area contributed by atoms with Gasteiger partial charge in [-0.2, -0.15) is 0 Å². The van der Waals surface area contributed by atoms with E-state index in [2.05, 4.69) is 70.9 Å². The van der Waals surface area contributed by atoms with Crippen LogP contribution in [0.5, 0.6) is 0 Å². The van der Waals surface area contributed by atoms with Gasteiger partial charge in [-0.15, -0.1) is 0 Å². The van der Waals surface area contributed by atoms with Crippen LogP contribution in [0.25, 0.3) is 0 Å². The van der Waals surface area contributed by atoms with Crippen LogP contribution in [0.4, 0.5) is 0 Å². The molecule has 2 unspecified atom stereocenters. The molecular weight excluding hydrogens is 430 g/mol. The number of hydrogen-bond acceptors (Lipinski definition) is 4. The first-order valence-electron chi connectivity index (χ1n) is 7.24. The first-order valence-corrected chi connectivity index (χ1v) is 11.7. The van der Waals surface area contributed by atoms with Crippen LogP contribution in [0.3, 0.4) is 0 Å². The smallest absolute Gasteiger partial charge is 0.193 e. The van der Waals surface area contributed by atoms with Crippen molar-refractivity contribution in [2.24, 2.45) is 5.16 Å². The summed E-state index contributed by atoms with van der Waals surface area (Å²) < 4.78 is 13.9. The van der Waals surface area contributed by atoms with E-state index in [0.29, 0.717) is 6.42 Å². The number of nitrogens with zero attached hydrogens (tertiary/aromatic N) is 1. The molecule has 0 saturated carbocycles. The molecule has 0 aromatic carbocycles. The van der Waals surface area contributed by atoms with E-state index in [-0.39, 0.29) is 11.1 Å². The zero-order valence-electron chi connectivity index (χ0n) is 13.9. The van der Waals surface area contributed by atoms with Gasteiger partial charge in [0.1, 0.15) is 11.9 Å². The Kier molecular flexibility index (Phi) is 5.03. The Labute approximate surface area is 150 Å². The monoisotopic (exact) mass is 451 g/mol. The quantitative estimate of drug-likeness (QED) is 0.561. The summed E-state index contributed by atoms with van der Waals surface area (Å²) in [7, 11) is -0.340. The maximum Gasteiger partial charge on any atom is 0.193 e. The summed E-state index contributed by atoms with van der Waals surface area (Å²) in [6, 6.07) is 0. The molecule has 0 amide bonds. The molecule has 0 N–H and O–H groups in total. The minimum Gasteiger partial charge on any atom is -0.495 e. The van der Waals surface area contributed by atoms with Crippen molar-refractivity contribution in [2.75, 3.05) is 7.11 Å². The molecule has 7 heteroatoms. The second kappa shape index (κ2) is 6.07. The van der Waals surface area contributed by atoms with Gasteiger partial charge in [0.25, 0.3) is 0 Å². The minimum atomic E-state index is -1.99. The van der Waals surface area contributed by atoms with Crippen molar-refractivity contribution in [3.8, 4) is 0 Å². The summed E-state index contributed by atoms with van der Waals surface area (Å²) in [5, 5.41) is 4.09. The number of methoxy groups -OCH3 is 1. The first kappa shape index (κ1) is 18.2. The molecule has 0 aromatic heterocycles. The number of hydrogen-bond donors (Lipinski definition) is 0. The molecule has 1 aliphatic heterocycles. The number of allylic oxidation sites excluding steroid dienone is 1. The standard InChI is InChI=1S/C15H23Br2NO3Si/c1-14(2,3)22(5,6)20-13-11(17)12(19-4)10(16)9-15(13)7-8-18-21-15/h8-9,13H,7H2,1-6H3. The number of halogens is 2. The lowest BCUT2D eigenvalue weighted by Crippen LogP contribution is -2.53. The molecule has 0 bridgehead atoms. The Morgan fingerprint density at radius 1 is 1.36 bits per heavy atom. The van der Waals surface area contributed by atoms with E-state index >= 15 is 0 Å². The molecule has 0 radical (unpaired) electrons. The predicted molar refractivity (Wildman–Crippen MR) is 99.0 cm³/mol. The van der Waals surface area contributed by atoms with E-state index < -0.39 is 13.9 Å². The molecule has 22 heavy (non-hydrogen) atoms. The zero-order chi connectivity index (χ0) is 16.8. The van der Waals surface area contributed by atoms with Crippen LogP contribution < -0.4 is 0 Å². The lowest BCUT2D eigenvalue weighted by Gasteiger charge is -2.44. The number of ether oxygens (including phenoxy) is 1. The Balaban J connectivity index is 2.43. The van der Waals surface area contributed by atoms with Gasteiger partial charge in [0, 0.05) is 12.6 Å². The fourth-order valence-electron chi connectivity index (χ4n) is 2.21. The summed E-state index contributed by atoms with van der Waals surface area (Å²) in [5.74, 6) is 0.741. The number of rotatable bonds is 3. The SMILES string of the molecule is COC1=C(Br)C(O[Si](C)(C)C(C)(C)C)C2(C=C1Br)CC=NO2. The molecule has 2 atom stereocenters. The number of oxime groups is 1. The lowest BCUT2D eigenvalue weighted by molar-refractivity contribution is -0.0517. The molecule has 2 rings (SSSR count). The van der Waals surface area contributed by atoms with Gasteiger partial charge in [0.2, 0.25) is 0 Å². The highest BCUT2D eigenvalue weighted by molar-refractivity contribution is 9.12. The third-order valence-corrected chi connectivity index (χ3v) is 10.4. The Bertz CT molecular complexity index is 541. The van der Waals surface area contributed by atoms with Gasteiger partial charge in [-0.25, -0.2) is 0 Å². The van der Waals surface area contributed by atoms with Gasteiger partial charge in [0.05, 0.1) is 16.1 Å². The highest BCUT2D eigenvalue weighted by atomic mass is 79.9. The fourth-order valence-corrected chi connectivity index (χ4v) is 5.53. The average molecular weight is 453 g/mol. The minimum absolute atomic E-state index is 0.104. The van der Waals surface area contributed by atoms with Gasteiger partial charge in [0.15, 0.2) is 13.9 Å². The van der Waals surface area contributed by atoms with Crippen molar-refractivity contribution in [2.45, 2.75) is 57.0 Å². The Morgan fingerprint density at radius 3 is 2.45 bits per heavy atom. The van der Waals surface area contributed by atoms with Gasteiger partial charge < -0.3 is 14.0 Å². The lowest BCUT2D eigenvalue weighted by atomic mass is 9.89. The third kappa shape index (κ3) is 3.09. The van der Waals surface area contributed by atoms with Crippen LogP contribution in [0.15, 0.2) is 26.0 Å². The van der Waals surface area contributed by atoms with Gasteiger partial charge in [-0.3, -0.25) is 0 Å². The maximum absolute atomic E-state index is 6.66. The van der Waals surface area contributed by atoms with Crippen molar-refractivity contribution in [3.05, 3.63) is 20.8 Å². The highest BCUT2D eigenvalue weighted by Crippen LogP contribution is 2.48. The predicted octanol–water partition coefficient (Wildman–Crippen LogP) is 5.07. The zero-order valence-corrected chi connectivity index (χ0v) is 18.0.